The van der Waals surface area contributed by atoms with Gasteiger partial charge in [-0.25, -0.2) is 0 Å². The molecular formula is C42H54S6. The first-order valence-electron chi connectivity index (χ1n) is 18.4. The maximum absolute atomic E-state index is 2.48. The van der Waals surface area contributed by atoms with Crippen molar-refractivity contribution in [2.75, 3.05) is 0 Å². The van der Waals surface area contributed by atoms with Crippen LogP contribution in [0, 0.1) is 23.7 Å². The zero-order valence-electron chi connectivity index (χ0n) is 30.1. The van der Waals surface area contributed by atoms with Gasteiger partial charge in [0.1, 0.15) is 0 Å². The zero-order chi connectivity index (χ0) is 33.8. The molecule has 0 saturated carbocycles. The van der Waals surface area contributed by atoms with Gasteiger partial charge in [-0.15, -0.1) is 56.7 Å². The second-order valence-corrected chi connectivity index (χ2v) is 21.8. The number of rotatable bonds is 18. The van der Waals surface area contributed by atoms with Gasteiger partial charge in [0.2, 0.25) is 0 Å². The molecule has 5 aromatic heterocycles. The SMILES string of the molecule is CCc1sc2c(ccc3c4sc(-c5ccc(CCC(C)CCCC(C)C)s5)cc4sc32)c1Sc1ccc(CCC(C)CCCC(C)C)s1. The summed E-state index contributed by atoms with van der Waals surface area (Å²) in [5.41, 5.74) is 0. The average Bonchev–Trinajstić information content (AvgIpc) is 3.87. The Morgan fingerprint density at radius 3 is 1.85 bits per heavy atom. The Morgan fingerprint density at radius 2 is 1.19 bits per heavy atom. The van der Waals surface area contributed by atoms with Crippen LogP contribution in [0.25, 0.3) is 39.3 Å². The number of thiophene rings is 5. The Morgan fingerprint density at radius 1 is 0.562 bits per heavy atom. The molecule has 0 N–H and O–H groups in total. The monoisotopic (exact) mass is 750 g/mol. The van der Waals surface area contributed by atoms with Gasteiger partial charge in [0.05, 0.1) is 18.3 Å². The van der Waals surface area contributed by atoms with Crippen molar-refractivity contribution in [1.82, 2.24) is 0 Å². The Bertz CT molecular complexity index is 1900. The van der Waals surface area contributed by atoms with E-state index >= 15 is 0 Å². The predicted molar refractivity (Wildman–Crippen MR) is 226 cm³/mol. The molecule has 0 radical (unpaired) electrons. The Balaban J connectivity index is 1.14. The van der Waals surface area contributed by atoms with E-state index in [2.05, 4.69) is 90.9 Å². The summed E-state index contributed by atoms with van der Waals surface area (Å²) in [5, 5.41) is 2.91. The van der Waals surface area contributed by atoms with E-state index in [-0.39, 0.29) is 0 Å². The summed E-state index contributed by atoms with van der Waals surface area (Å²) in [7, 11) is 0. The molecule has 2 atom stereocenters. The smallest absolute Gasteiger partial charge is 0.0649 e. The van der Waals surface area contributed by atoms with Crippen LogP contribution in [0.3, 0.4) is 0 Å². The van der Waals surface area contributed by atoms with Gasteiger partial charge in [0.25, 0.3) is 0 Å². The lowest BCUT2D eigenvalue weighted by Crippen LogP contribution is -1.98. The summed E-state index contributed by atoms with van der Waals surface area (Å²) >= 11 is 12.1. The van der Waals surface area contributed by atoms with Crippen molar-refractivity contribution in [2.45, 2.75) is 128 Å². The Hall–Kier alpha value is -1.15. The second kappa shape index (κ2) is 16.9. The van der Waals surface area contributed by atoms with Gasteiger partial charge >= 0.3 is 0 Å². The van der Waals surface area contributed by atoms with Crippen LogP contribution < -0.4 is 0 Å². The third kappa shape index (κ3) is 9.01. The van der Waals surface area contributed by atoms with Crippen molar-refractivity contribution in [3.8, 4) is 9.75 Å². The maximum Gasteiger partial charge on any atom is 0.0649 e. The van der Waals surface area contributed by atoms with Gasteiger partial charge in [-0.2, -0.15) is 0 Å². The van der Waals surface area contributed by atoms with Crippen LogP contribution in [0.1, 0.15) is 114 Å². The van der Waals surface area contributed by atoms with E-state index in [1.807, 2.05) is 68.4 Å². The van der Waals surface area contributed by atoms with E-state index in [0.717, 1.165) is 30.1 Å². The van der Waals surface area contributed by atoms with E-state index < -0.39 is 0 Å². The first-order valence-corrected chi connectivity index (χ1v) is 23.3. The van der Waals surface area contributed by atoms with Crippen molar-refractivity contribution < 1.29 is 0 Å². The molecule has 0 bridgehead atoms. The molecule has 0 aliphatic rings. The number of hydrogen-bond donors (Lipinski definition) is 0. The molecule has 258 valence electrons. The fourth-order valence-corrected chi connectivity index (χ4v) is 14.4. The molecule has 6 rings (SSSR count). The van der Waals surface area contributed by atoms with Gasteiger partial charge in [-0.05, 0) is 86.1 Å². The molecule has 48 heavy (non-hydrogen) atoms. The van der Waals surface area contributed by atoms with Gasteiger partial charge in [-0.1, -0.05) is 111 Å². The maximum atomic E-state index is 2.48. The van der Waals surface area contributed by atoms with Crippen LogP contribution in [-0.2, 0) is 19.3 Å². The van der Waals surface area contributed by atoms with Crippen molar-refractivity contribution in [3.63, 3.8) is 0 Å². The first-order chi connectivity index (χ1) is 23.2. The minimum Gasteiger partial charge on any atom is -0.139 e. The van der Waals surface area contributed by atoms with Crippen LogP contribution in [0.2, 0.25) is 0 Å². The number of hydrogen-bond acceptors (Lipinski definition) is 6. The fraction of sp³-hybridized carbons (Fsp3) is 0.524. The Kier molecular flexibility index (Phi) is 12.9. The van der Waals surface area contributed by atoms with Crippen molar-refractivity contribution in [3.05, 3.63) is 57.1 Å². The Labute approximate surface area is 314 Å². The van der Waals surface area contributed by atoms with Gasteiger partial charge in [-0.3, -0.25) is 0 Å². The molecule has 0 saturated heterocycles. The fourth-order valence-electron chi connectivity index (χ4n) is 6.76. The van der Waals surface area contributed by atoms with Gasteiger partial charge in [0, 0.05) is 44.8 Å². The van der Waals surface area contributed by atoms with Crippen molar-refractivity contribution >= 4 is 98.0 Å². The van der Waals surface area contributed by atoms with E-state index in [4.69, 9.17) is 0 Å². The topological polar surface area (TPSA) is 0 Å². The third-order valence-electron chi connectivity index (χ3n) is 9.78. The zero-order valence-corrected chi connectivity index (χ0v) is 35.0. The van der Waals surface area contributed by atoms with E-state index in [1.165, 1.54) is 118 Å². The highest BCUT2D eigenvalue weighted by Crippen LogP contribution is 2.51. The van der Waals surface area contributed by atoms with Crippen LogP contribution in [0.5, 0.6) is 0 Å². The lowest BCUT2D eigenvalue weighted by molar-refractivity contribution is 0.437. The summed E-state index contributed by atoms with van der Waals surface area (Å²) in [5.74, 6) is 3.29. The van der Waals surface area contributed by atoms with Gasteiger partial charge in [0.15, 0.2) is 0 Å². The molecular weight excluding hydrogens is 697 g/mol. The molecule has 0 nitrogen and oxygen atoms in total. The molecule has 6 heteroatoms. The van der Waals surface area contributed by atoms with E-state index in [9.17, 15) is 0 Å². The molecule has 0 fully saturated rings. The van der Waals surface area contributed by atoms with Crippen LogP contribution in [0.4, 0.5) is 0 Å². The quantitative estimate of drug-likeness (QED) is 0.0843. The number of fused-ring (bicyclic) bond motifs is 5. The predicted octanol–water partition coefficient (Wildman–Crippen LogP) is 16.6. The largest absolute Gasteiger partial charge is 0.139 e. The van der Waals surface area contributed by atoms with Crippen LogP contribution in [-0.4, -0.2) is 0 Å². The summed E-state index contributed by atoms with van der Waals surface area (Å²) in [6.45, 7) is 16.6. The van der Waals surface area contributed by atoms with Crippen LogP contribution in [0.15, 0.2) is 51.6 Å². The molecule has 0 aliphatic heterocycles. The molecule has 2 unspecified atom stereocenters. The summed E-state index contributed by atoms with van der Waals surface area (Å²) in [6, 6.07) is 16.9. The van der Waals surface area contributed by atoms with Gasteiger partial charge < -0.3 is 0 Å². The van der Waals surface area contributed by atoms with E-state index in [0.29, 0.717) is 0 Å². The highest BCUT2D eigenvalue weighted by atomic mass is 32.2. The number of benzene rings is 1. The van der Waals surface area contributed by atoms with Crippen LogP contribution >= 0.6 is 68.4 Å². The summed E-state index contributed by atoms with van der Waals surface area (Å²) in [6.07, 6.45) is 14.4. The average molecular weight is 751 g/mol. The minimum absolute atomic E-state index is 0.819. The lowest BCUT2D eigenvalue weighted by Gasteiger charge is -2.11. The van der Waals surface area contributed by atoms with E-state index in [1.54, 1.807) is 9.75 Å². The highest BCUT2D eigenvalue weighted by Gasteiger charge is 2.20. The minimum atomic E-state index is 0.819. The number of aryl methyl sites for hydroxylation is 3. The summed E-state index contributed by atoms with van der Waals surface area (Å²) in [4.78, 5) is 9.01. The molecule has 0 amide bonds. The molecule has 0 aliphatic carbocycles. The first kappa shape index (κ1) is 36.6. The standard InChI is InChI=1S/C42H54S6/c1-8-34-39(48-38-24-20-31(44-38)18-16-29(7)14-10-12-27(4)5)32-21-22-33-40-37(47-42(33)41(32)45-34)25-36(46-40)35-23-19-30(43-35)17-15-28(6)13-9-11-26(2)3/h19-29H,8-18H2,1-7H3. The second-order valence-electron chi connectivity index (χ2n) is 15.0. The molecule has 6 aromatic rings. The summed E-state index contributed by atoms with van der Waals surface area (Å²) < 4.78 is 7.36. The van der Waals surface area contributed by atoms with Crippen molar-refractivity contribution in [2.24, 2.45) is 23.7 Å². The third-order valence-corrected chi connectivity index (χ3v) is 17.7. The molecule has 5 heterocycles. The van der Waals surface area contributed by atoms with Crippen molar-refractivity contribution in [1.29, 1.82) is 0 Å². The molecule has 1 aromatic carbocycles. The lowest BCUT2D eigenvalue weighted by atomic mass is 9.96. The normalized spacial score (nSPS) is 13.7. The highest BCUT2D eigenvalue weighted by molar-refractivity contribution is 8.01. The molecule has 0 spiro atoms.